The van der Waals surface area contributed by atoms with Gasteiger partial charge in [-0.05, 0) is 67.0 Å². The van der Waals surface area contributed by atoms with E-state index >= 15 is 0 Å². The predicted octanol–water partition coefficient (Wildman–Crippen LogP) is 5.91. The normalized spacial score (nSPS) is 16.0. The molecule has 0 spiro atoms. The lowest BCUT2D eigenvalue weighted by Gasteiger charge is -2.28. The number of benzene rings is 3. The number of amides is 1. The molecule has 1 saturated heterocycles. The minimum atomic E-state index is -0.815. The highest BCUT2D eigenvalue weighted by Gasteiger charge is 2.46. The molecule has 1 N–H and O–H groups in total. The second kappa shape index (κ2) is 14.6. The predicted molar refractivity (Wildman–Crippen MR) is 167 cm³/mol. The first-order valence-electron chi connectivity index (χ1n) is 14.5. The Hall–Kier alpha value is -4.56. The van der Waals surface area contributed by atoms with Crippen LogP contribution in [0.5, 0.6) is 17.2 Å². The molecular weight excluding hydrogens is 544 g/mol. The molecule has 4 rings (SSSR count). The Balaban J connectivity index is 1.76. The van der Waals surface area contributed by atoms with Crippen molar-refractivity contribution < 1.29 is 28.9 Å². The number of Topliss-reactive ketones (excluding diaryl/α,β-unsaturated/α-hetero) is 1. The summed E-state index contributed by atoms with van der Waals surface area (Å²) in [5, 5.41) is 11.6. The van der Waals surface area contributed by atoms with Crippen LogP contribution in [0.4, 0.5) is 0 Å². The average molecular weight is 585 g/mol. The Kier molecular flexibility index (Phi) is 10.6. The van der Waals surface area contributed by atoms with Crippen molar-refractivity contribution in [2.45, 2.75) is 33.4 Å². The summed E-state index contributed by atoms with van der Waals surface area (Å²) >= 11 is 0. The number of aliphatic hydroxyl groups is 1. The van der Waals surface area contributed by atoms with Gasteiger partial charge >= 0.3 is 0 Å². The number of ketones is 1. The number of rotatable bonds is 14. The van der Waals surface area contributed by atoms with Crippen molar-refractivity contribution in [1.82, 2.24) is 9.80 Å². The first kappa shape index (κ1) is 31.4. The van der Waals surface area contributed by atoms with E-state index in [1.54, 1.807) is 48.4 Å². The number of likely N-dealkylation sites (N-methyl/N-ethyl adjacent to an activating group) is 1. The largest absolute Gasteiger partial charge is 0.507 e. The maximum Gasteiger partial charge on any atom is 0.295 e. The summed E-state index contributed by atoms with van der Waals surface area (Å²) in [7, 11) is 1.55. The zero-order chi connectivity index (χ0) is 30.9. The number of aliphatic hydroxyl groups excluding tert-OH is 1. The highest BCUT2D eigenvalue weighted by Crippen LogP contribution is 2.42. The van der Waals surface area contributed by atoms with Gasteiger partial charge in [0.2, 0.25) is 0 Å². The van der Waals surface area contributed by atoms with Gasteiger partial charge in [0.25, 0.3) is 11.7 Å². The number of carbonyl (C=O) groups excluding carboxylic acids is 2. The van der Waals surface area contributed by atoms with E-state index < -0.39 is 17.7 Å². The van der Waals surface area contributed by atoms with Crippen LogP contribution in [-0.2, 0) is 16.2 Å². The number of hydrogen-bond acceptors (Lipinski definition) is 7. The molecule has 226 valence electrons. The van der Waals surface area contributed by atoms with Gasteiger partial charge in [-0.15, -0.1) is 0 Å². The van der Waals surface area contributed by atoms with E-state index in [4.69, 9.17) is 14.2 Å². The van der Waals surface area contributed by atoms with Gasteiger partial charge in [-0.3, -0.25) is 9.59 Å². The van der Waals surface area contributed by atoms with E-state index in [-0.39, 0.29) is 11.3 Å². The Labute approximate surface area is 253 Å². The van der Waals surface area contributed by atoms with E-state index in [1.807, 2.05) is 43.3 Å². The molecule has 0 radical (unpaired) electrons. The van der Waals surface area contributed by atoms with Gasteiger partial charge in [0.1, 0.15) is 24.7 Å². The van der Waals surface area contributed by atoms with Gasteiger partial charge in [0, 0.05) is 18.7 Å². The number of hydrogen-bond donors (Lipinski definition) is 1. The molecule has 3 aromatic rings. The summed E-state index contributed by atoms with van der Waals surface area (Å²) in [6.07, 6.45) is 1.65. The fourth-order valence-electron chi connectivity index (χ4n) is 5.22. The van der Waals surface area contributed by atoms with E-state index in [9.17, 15) is 14.7 Å². The lowest BCUT2D eigenvalue weighted by atomic mass is 9.94. The van der Waals surface area contributed by atoms with Crippen molar-refractivity contribution in [2.75, 3.05) is 39.9 Å². The third kappa shape index (κ3) is 7.09. The number of methoxy groups -OCH3 is 1. The standard InChI is InChI=1S/C35H40N2O6/c1-6-20-42-28-16-15-27(21-24(28)4)33(38)31-32(37(35(40)34(31)39)19-18-36(7-2)8-3)26-14-17-29(30(22-26)41-5)43-23-25-12-10-9-11-13-25/h6,9-17,21-22,32,38H,1,7-8,18-20,23H2,2-5H3/b33-31+. The highest BCUT2D eigenvalue weighted by molar-refractivity contribution is 6.46. The summed E-state index contributed by atoms with van der Waals surface area (Å²) in [6, 6.07) is 19.5. The van der Waals surface area contributed by atoms with Crippen LogP contribution in [0.15, 0.2) is 85.0 Å². The van der Waals surface area contributed by atoms with E-state index in [0.29, 0.717) is 54.7 Å². The third-order valence-corrected chi connectivity index (χ3v) is 7.64. The van der Waals surface area contributed by atoms with Gasteiger partial charge in [-0.1, -0.05) is 62.9 Å². The monoisotopic (exact) mass is 584 g/mol. The van der Waals surface area contributed by atoms with Gasteiger partial charge in [0.05, 0.1) is 18.7 Å². The Morgan fingerprint density at radius 1 is 0.977 bits per heavy atom. The van der Waals surface area contributed by atoms with Crippen LogP contribution < -0.4 is 14.2 Å². The number of nitrogens with zero attached hydrogens (tertiary/aromatic N) is 2. The maximum absolute atomic E-state index is 13.6. The summed E-state index contributed by atoms with van der Waals surface area (Å²) in [5.41, 5.74) is 2.87. The number of likely N-dealkylation sites (tertiary alicyclic amines) is 1. The molecule has 0 aliphatic carbocycles. The number of ether oxygens (including phenoxy) is 3. The molecule has 1 heterocycles. The average Bonchev–Trinajstić information content (AvgIpc) is 3.28. The van der Waals surface area contributed by atoms with Gasteiger partial charge < -0.3 is 29.1 Å². The summed E-state index contributed by atoms with van der Waals surface area (Å²) < 4.78 is 17.4. The summed E-state index contributed by atoms with van der Waals surface area (Å²) in [4.78, 5) is 30.8. The molecule has 1 aliphatic rings. The molecule has 0 aromatic heterocycles. The summed E-state index contributed by atoms with van der Waals surface area (Å²) in [5.74, 6) is 0.0157. The van der Waals surface area contributed by atoms with Crippen LogP contribution in [0.25, 0.3) is 5.76 Å². The fraction of sp³-hybridized carbons (Fsp3) is 0.314. The van der Waals surface area contributed by atoms with Crippen LogP contribution in [0, 0.1) is 6.92 Å². The van der Waals surface area contributed by atoms with Crippen LogP contribution in [0.1, 0.15) is 42.1 Å². The molecule has 0 saturated carbocycles. The van der Waals surface area contributed by atoms with E-state index in [2.05, 4.69) is 25.3 Å². The van der Waals surface area contributed by atoms with Crippen LogP contribution in [-0.4, -0.2) is 66.5 Å². The zero-order valence-corrected chi connectivity index (χ0v) is 25.3. The van der Waals surface area contributed by atoms with Crippen molar-refractivity contribution in [3.8, 4) is 17.2 Å². The molecule has 8 heteroatoms. The molecule has 1 unspecified atom stereocenters. The molecule has 0 bridgehead atoms. The second-order valence-electron chi connectivity index (χ2n) is 10.3. The smallest absolute Gasteiger partial charge is 0.295 e. The van der Waals surface area contributed by atoms with Gasteiger partial charge in [-0.2, -0.15) is 0 Å². The molecule has 1 fully saturated rings. The Morgan fingerprint density at radius 2 is 1.70 bits per heavy atom. The first-order valence-corrected chi connectivity index (χ1v) is 14.5. The molecule has 3 aromatic carbocycles. The van der Waals surface area contributed by atoms with E-state index in [1.165, 1.54) is 0 Å². The highest BCUT2D eigenvalue weighted by atomic mass is 16.5. The van der Waals surface area contributed by atoms with Crippen molar-refractivity contribution >= 4 is 17.4 Å². The zero-order valence-electron chi connectivity index (χ0n) is 25.3. The molecule has 43 heavy (non-hydrogen) atoms. The Bertz CT molecular complexity index is 1480. The Morgan fingerprint density at radius 3 is 2.35 bits per heavy atom. The third-order valence-electron chi connectivity index (χ3n) is 7.64. The molecule has 1 aliphatic heterocycles. The van der Waals surface area contributed by atoms with Crippen molar-refractivity contribution in [3.63, 3.8) is 0 Å². The van der Waals surface area contributed by atoms with Crippen molar-refractivity contribution in [2.24, 2.45) is 0 Å². The van der Waals surface area contributed by atoms with Crippen molar-refractivity contribution in [1.29, 1.82) is 0 Å². The van der Waals surface area contributed by atoms with Gasteiger partial charge in [0.15, 0.2) is 11.5 Å². The minimum absolute atomic E-state index is 0.0312. The number of carbonyl (C=O) groups is 2. The fourth-order valence-corrected chi connectivity index (χ4v) is 5.22. The molecule has 1 amide bonds. The van der Waals surface area contributed by atoms with Crippen LogP contribution in [0.2, 0.25) is 0 Å². The van der Waals surface area contributed by atoms with E-state index in [0.717, 1.165) is 24.2 Å². The minimum Gasteiger partial charge on any atom is -0.507 e. The molecule has 1 atom stereocenters. The van der Waals surface area contributed by atoms with Crippen LogP contribution in [0.3, 0.4) is 0 Å². The second-order valence-corrected chi connectivity index (χ2v) is 10.3. The number of aryl methyl sites for hydroxylation is 1. The lowest BCUT2D eigenvalue weighted by molar-refractivity contribution is -0.140. The first-order chi connectivity index (χ1) is 20.8. The SMILES string of the molecule is C=CCOc1ccc(/C(O)=C2\C(=O)C(=O)N(CCN(CC)CC)C2c2ccc(OCc3ccccc3)c(OC)c2)cc1C. The van der Waals surface area contributed by atoms with Gasteiger partial charge in [-0.25, -0.2) is 0 Å². The molecule has 8 nitrogen and oxygen atoms in total. The molecular formula is C35H40N2O6. The topological polar surface area (TPSA) is 88.5 Å². The van der Waals surface area contributed by atoms with Crippen molar-refractivity contribution in [3.05, 3.63) is 107 Å². The quantitative estimate of drug-likeness (QED) is 0.109. The summed E-state index contributed by atoms with van der Waals surface area (Å²) in [6.45, 7) is 12.9. The lowest BCUT2D eigenvalue weighted by Crippen LogP contribution is -2.38. The maximum atomic E-state index is 13.6. The van der Waals surface area contributed by atoms with Crippen LogP contribution >= 0.6 is 0 Å².